The molecular formula is C9H19F4NO3S. The molecule has 9 heteroatoms. The zero-order valence-corrected chi connectivity index (χ0v) is 11.0. The summed E-state index contributed by atoms with van der Waals surface area (Å²) in [5.74, 6) is 0. The van der Waals surface area contributed by atoms with Crippen LogP contribution in [0.15, 0.2) is 0 Å². The minimum absolute atomic E-state index is 0. The van der Waals surface area contributed by atoms with Crippen molar-refractivity contribution in [2.24, 2.45) is 0 Å². The Bertz CT molecular complexity index is 305. The SMILES string of the molecule is O=S(=O)([O-])C(F)CCCCCCCC(F)(F)F.[NH4+]. The Hall–Kier alpha value is -0.410. The monoisotopic (exact) mass is 297 g/mol. The van der Waals surface area contributed by atoms with Crippen molar-refractivity contribution in [3.05, 3.63) is 0 Å². The summed E-state index contributed by atoms with van der Waals surface area (Å²) in [5, 5.41) is 0. The van der Waals surface area contributed by atoms with Crippen LogP contribution in [0, 0.1) is 0 Å². The molecule has 0 aliphatic carbocycles. The molecule has 4 N–H and O–H groups in total. The molecule has 0 radical (unpaired) electrons. The van der Waals surface area contributed by atoms with Crippen molar-refractivity contribution in [1.29, 1.82) is 0 Å². The van der Waals surface area contributed by atoms with E-state index in [0.717, 1.165) is 0 Å². The van der Waals surface area contributed by atoms with Crippen molar-refractivity contribution < 1.29 is 30.5 Å². The van der Waals surface area contributed by atoms with E-state index >= 15 is 0 Å². The maximum atomic E-state index is 12.6. The minimum atomic E-state index is -4.89. The molecule has 1 atom stereocenters. The predicted octanol–water partition coefficient (Wildman–Crippen LogP) is 3.50. The van der Waals surface area contributed by atoms with Gasteiger partial charge in [-0.3, -0.25) is 0 Å². The maximum absolute atomic E-state index is 12.6. The summed E-state index contributed by atoms with van der Waals surface area (Å²) in [4.78, 5) is 0. The summed E-state index contributed by atoms with van der Waals surface area (Å²) in [6, 6.07) is 0. The normalized spacial score (nSPS) is 14.1. The lowest BCUT2D eigenvalue weighted by molar-refractivity contribution is -0.135. The minimum Gasteiger partial charge on any atom is -0.746 e. The average molecular weight is 297 g/mol. The van der Waals surface area contributed by atoms with Gasteiger partial charge in [0.15, 0.2) is 5.50 Å². The van der Waals surface area contributed by atoms with Crippen LogP contribution in [0.4, 0.5) is 17.6 Å². The third-order valence-corrected chi connectivity index (χ3v) is 3.07. The molecule has 0 aliphatic rings. The van der Waals surface area contributed by atoms with Crippen molar-refractivity contribution in [3.63, 3.8) is 0 Å². The lowest BCUT2D eigenvalue weighted by atomic mass is 10.1. The van der Waals surface area contributed by atoms with Gasteiger partial charge in [0.25, 0.3) is 0 Å². The van der Waals surface area contributed by atoms with E-state index in [1.807, 2.05) is 0 Å². The first-order valence-electron chi connectivity index (χ1n) is 5.28. The van der Waals surface area contributed by atoms with Gasteiger partial charge in [-0.05, 0) is 19.3 Å². The van der Waals surface area contributed by atoms with Crippen LogP contribution in [0.25, 0.3) is 0 Å². The number of alkyl halides is 4. The molecule has 0 fully saturated rings. The third kappa shape index (κ3) is 12.1. The summed E-state index contributed by atoms with van der Waals surface area (Å²) in [6.07, 6.45) is -3.91. The molecule has 1 unspecified atom stereocenters. The second-order valence-corrected chi connectivity index (χ2v) is 5.32. The van der Waals surface area contributed by atoms with Gasteiger partial charge in [-0.2, -0.15) is 13.2 Å². The third-order valence-electron chi connectivity index (χ3n) is 2.20. The van der Waals surface area contributed by atoms with Crippen LogP contribution in [0.5, 0.6) is 0 Å². The largest absolute Gasteiger partial charge is 0.746 e. The second-order valence-electron chi connectivity index (χ2n) is 3.82. The van der Waals surface area contributed by atoms with Crippen LogP contribution in [-0.4, -0.2) is 24.7 Å². The molecule has 0 spiro atoms. The van der Waals surface area contributed by atoms with E-state index in [1.54, 1.807) is 0 Å². The maximum Gasteiger partial charge on any atom is 0.389 e. The average Bonchev–Trinajstić information content (AvgIpc) is 2.12. The van der Waals surface area contributed by atoms with E-state index in [9.17, 15) is 30.5 Å². The summed E-state index contributed by atoms with van der Waals surface area (Å²) in [7, 11) is -4.89. The van der Waals surface area contributed by atoms with Crippen molar-refractivity contribution in [3.8, 4) is 0 Å². The Morgan fingerprint density at radius 1 is 1.00 bits per heavy atom. The second kappa shape index (κ2) is 8.65. The number of quaternary nitrogens is 1. The van der Waals surface area contributed by atoms with E-state index in [-0.39, 0.29) is 25.4 Å². The fraction of sp³-hybridized carbons (Fsp3) is 1.00. The van der Waals surface area contributed by atoms with Gasteiger partial charge < -0.3 is 10.7 Å². The van der Waals surface area contributed by atoms with Crippen LogP contribution in [0.1, 0.15) is 44.9 Å². The van der Waals surface area contributed by atoms with Crippen molar-refractivity contribution >= 4 is 10.1 Å². The van der Waals surface area contributed by atoms with Crippen LogP contribution < -0.4 is 6.15 Å². The van der Waals surface area contributed by atoms with Crippen molar-refractivity contribution in [2.45, 2.75) is 56.6 Å². The molecule has 0 aromatic rings. The number of hydrogen-bond acceptors (Lipinski definition) is 3. The van der Waals surface area contributed by atoms with Crippen LogP contribution in [0.3, 0.4) is 0 Å². The molecule has 0 rings (SSSR count). The molecule has 4 nitrogen and oxygen atoms in total. The van der Waals surface area contributed by atoms with Gasteiger partial charge in [0.2, 0.25) is 0 Å². The van der Waals surface area contributed by atoms with Gasteiger partial charge in [0, 0.05) is 6.42 Å². The Morgan fingerprint density at radius 2 is 1.44 bits per heavy atom. The molecule has 18 heavy (non-hydrogen) atoms. The number of hydrogen-bond donors (Lipinski definition) is 1. The first-order chi connectivity index (χ1) is 7.63. The van der Waals surface area contributed by atoms with Gasteiger partial charge in [-0.25, -0.2) is 12.8 Å². The first-order valence-corrected chi connectivity index (χ1v) is 6.75. The number of halogens is 4. The number of rotatable bonds is 8. The van der Waals surface area contributed by atoms with E-state index in [0.29, 0.717) is 19.3 Å². The van der Waals surface area contributed by atoms with Gasteiger partial charge in [0.1, 0.15) is 10.1 Å². The molecule has 0 amide bonds. The van der Waals surface area contributed by atoms with Crippen molar-refractivity contribution in [2.75, 3.05) is 0 Å². The highest BCUT2D eigenvalue weighted by molar-refractivity contribution is 7.86. The van der Waals surface area contributed by atoms with E-state index in [1.165, 1.54) is 0 Å². The molecule has 0 saturated carbocycles. The molecule has 0 saturated heterocycles. The molecule has 0 heterocycles. The van der Waals surface area contributed by atoms with E-state index in [2.05, 4.69) is 0 Å². The fourth-order valence-corrected chi connectivity index (χ4v) is 1.76. The van der Waals surface area contributed by atoms with Crippen LogP contribution in [-0.2, 0) is 10.1 Å². The Labute approximate surface area is 104 Å². The Balaban J connectivity index is 0. The molecular weight excluding hydrogens is 278 g/mol. The molecule has 0 aliphatic heterocycles. The number of unbranched alkanes of at least 4 members (excludes halogenated alkanes) is 4. The highest BCUT2D eigenvalue weighted by Crippen LogP contribution is 2.23. The zero-order chi connectivity index (χ0) is 13.5. The standard InChI is InChI=1S/C9H16F4O3S.H3N/c10-8(17(14,15)16)6-4-2-1-3-5-7-9(11,12)13;/h8H,1-7H2,(H,14,15,16);1H3. The summed E-state index contributed by atoms with van der Waals surface area (Å²) in [5.41, 5.74) is -2.40. The van der Waals surface area contributed by atoms with Gasteiger partial charge in [-0.15, -0.1) is 0 Å². The fourth-order valence-electron chi connectivity index (χ4n) is 1.30. The Morgan fingerprint density at radius 3 is 1.89 bits per heavy atom. The quantitative estimate of drug-likeness (QED) is 0.422. The van der Waals surface area contributed by atoms with Gasteiger partial charge in [-0.1, -0.05) is 19.3 Å². The first kappa shape index (κ1) is 19.9. The smallest absolute Gasteiger partial charge is 0.389 e. The van der Waals surface area contributed by atoms with E-state index in [4.69, 9.17) is 0 Å². The van der Waals surface area contributed by atoms with Crippen LogP contribution in [0.2, 0.25) is 0 Å². The zero-order valence-electron chi connectivity index (χ0n) is 10.2. The summed E-state index contributed by atoms with van der Waals surface area (Å²) in [6.45, 7) is 0. The summed E-state index contributed by atoms with van der Waals surface area (Å²) < 4.78 is 78.2. The molecule has 0 bridgehead atoms. The molecule has 0 aromatic carbocycles. The van der Waals surface area contributed by atoms with Gasteiger partial charge in [0.05, 0.1) is 0 Å². The molecule has 112 valence electrons. The van der Waals surface area contributed by atoms with Gasteiger partial charge >= 0.3 is 6.18 Å². The lowest BCUT2D eigenvalue weighted by Crippen LogP contribution is -2.14. The molecule has 0 aromatic heterocycles. The highest BCUT2D eigenvalue weighted by Gasteiger charge is 2.25. The van der Waals surface area contributed by atoms with E-state index < -0.39 is 28.2 Å². The highest BCUT2D eigenvalue weighted by atomic mass is 32.2. The lowest BCUT2D eigenvalue weighted by Gasteiger charge is -2.12. The van der Waals surface area contributed by atoms with Crippen molar-refractivity contribution in [1.82, 2.24) is 6.15 Å². The van der Waals surface area contributed by atoms with Crippen LogP contribution >= 0.6 is 0 Å². The predicted molar refractivity (Wildman–Crippen MR) is 59.0 cm³/mol. The topological polar surface area (TPSA) is 93.7 Å². The Kier molecular flexibility index (Phi) is 9.57. The summed E-state index contributed by atoms with van der Waals surface area (Å²) >= 11 is 0.